The van der Waals surface area contributed by atoms with Gasteiger partial charge in [0.15, 0.2) is 6.29 Å². The molecule has 0 radical (unpaired) electrons. The molecule has 3 heteroatoms. The van der Waals surface area contributed by atoms with Crippen LogP contribution >= 0.6 is 0 Å². The SMILES string of the molecule is C#CCCC(N)C(O)OC. The lowest BCUT2D eigenvalue weighted by Crippen LogP contribution is -2.35. The van der Waals surface area contributed by atoms with Crippen LogP contribution in [0.3, 0.4) is 0 Å². The van der Waals surface area contributed by atoms with Gasteiger partial charge in [0.1, 0.15) is 0 Å². The molecule has 0 aromatic rings. The molecular weight excluding hydrogens is 130 g/mol. The number of nitrogens with two attached hydrogens (primary N) is 1. The fourth-order valence-corrected chi connectivity index (χ4v) is 0.567. The number of hydrogen-bond acceptors (Lipinski definition) is 3. The van der Waals surface area contributed by atoms with Crippen molar-refractivity contribution < 1.29 is 9.84 Å². The van der Waals surface area contributed by atoms with Crippen LogP contribution in [0.4, 0.5) is 0 Å². The molecule has 10 heavy (non-hydrogen) atoms. The van der Waals surface area contributed by atoms with Gasteiger partial charge >= 0.3 is 0 Å². The lowest BCUT2D eigenvalue weighted by molar-refractivity contribution is -0.0903. The monoisotopic (exact) mass is 143 g/mol. The van der Waals surface area contributed by atoms with Gasteiger partial charge in [-0.15, -0.1) is 12.3 Å². The van der Waals surface area contributed by atoms with Crippen molar-refractivity contribution in [3.63, 3.8) is 0 Å². The molecule has 3 N–H and O–H groups in total. The van der Waals surface area contributed by atoms with Crippen LogP contribution in [0.1, 0.15) is 12.8 Å². The van der Waals surface area contributed by atoms with E-state index < -0.39 is 6.29 Å². The minimum Gasteiger partial charge on any atom is -0.367 e. The molecule has 0 heterocycles. The van der Waals surface area contributed by atoms with Crippen molar-refractivity contribution in [1.29, 1.82) is 0 Å². The van der Waals surface area contributed by atoms with E-state index in [2.05, 4.69) is 10.7 Å². The van der Waals surface area contributed by atoms with Crippen molar-refractivity contribution in [1.82, 2.24) is 0 Å². The summed E-state index contributed by atoms with van der Waals surface area (Å²) in [6.07, 6.45) is 5.26. The zero-order chi connectivity index (χ0) is 7.98. The number of terminal acetylenes is 1. The Kier molecular flexibility index (Phi) is 4.95. The first-order chi connectivity index (χ1) is 4.72. The zero-order valence-corrected chi connectivity index (χ0v) is 6.08. The number of hydrogen-bond donors (Lipinski definition) is 2. The van der Waals surface area contributed by atoms with Crippen LogP contribution in [0.15, 0.2) is 0 Å². The molecule has 2 atom stereocenters. The maximum absolute atomic E-state index is 8.94. The largest absolute Gasteiger partial charge is 0.367 e. The predicted octanol–water partition coefficient (Wildman–Crippen LogP) is -0.308. The molecule has 3 nitrogen and oxygen atoms in total. The second-order valence-electron chi connectivity index (χ2n) is 2.03. The van der Waals surface area contributed by atoms with Gasteiger partial charge in [-0.25, -0.2) is 0 Å². The Morgan fingerprint density at radius 1 is 1.80 bits per heavy atom. The van der Waals surface area contributed by atoms with E-state index in [4.69, 9.17) is 17.3 Å². The third-order valence-corrected chi connectivity index (χ3v) is 1.23. The molecule has 0 saturated heterocycles. The van der Waals surface area contributed by atoms with Crippen LogP contribution in [-0.4, -0.2) is 24.5 Å². The van der Waals surface area contributed by atoms with E-state index in [9.17, 15) is 0 Å². The minimum atomic E-state index is -0.895. The summed E-state index contributed by atoms with van der Waals surface area (Å²) in [5, 5.41) is 8.94. The number of rotatable bonds is 4. The summed E-state index contributed by atoms with van der Waals surface area (Å²) < 4.78 is 4.57. The van der Waals surface area contributed by atoms with Crippen molar-refractivity contribution in [3.8, 4) is 12.3 Å². The molecule has 0 spiro atoms. The van der Waals surface area contributed by atoms with Gasteiger partial charge < -0.3 is 15.6 Å². The minimum absolute atomic E-state index is 0.374. The van der Waals surface area contributed by atoms with Crippen molar-refractivity contribution in [2.45, 2.75) is 25.2 Å². The Hall–Kier alpha value is -0.560. The van der Waals surface area contributed by atoms with Crippen LogP contribution in [-0.2, 0) is 4.74 Å². The molecule has 0 rings (SSSR count). The van der Waals surface area contributed by atoms with Gasteiger partial charge in [0.2, 0.25) is 0 Å². The van der Waals surface area contributed by atoms with Crippen LogP contribution in [0.2, 0.25) is 0 Å². The number of methoxy groups -OCH3 is 1. The molecule has 0 fully saturated rings. The molecule has 0 saturated carbocycles. The summed E-state index contributed by atoms with van der Waals surface area (Å²) in [6, 6.07) is -0.374. The van der Waals surface area contributed by atoms with E-state index >= 15 is 0 Å². The Labute approximate surface area is 61.2 Å². The Morgan fingerprint density at radius 2 is 2.40 bits per heavy atom. The first kappa shape index (κ1) is 9.44. The fourth-order valence-electron chi connectivity index (χ4n) is 0.567. The highest BCUT2D eigenvalue weighted by atomic mass is 16.6. The fraction of sp³-hybridized carbons (Fsp3) is 0.714. The maximum Gasteiger partial charge on any atom is 0.169 e. The topological polar surface area (TPSA) is 55.5 Å². The summed E-state index contributed by atoms with van der Waals surface area (Å²) in [7, 11) is 1.40. The van der Waals surface area contributed by atoms with Crippen LogP contribution < -0.4 is 5.73 Å². The molecule has 2 unspecified atom stereocenters. The summed E-state index contributed by atoms with van der Waals surface area (Å²) in [4.78, 5) is 0. The van der Waals surface area contributed by atoms with Gasteiger partial charge in [0.25, 0.3) is 0 Å². The molecule has 0 aliphatic carbocycles. The zero-order valence-electron chi connectivity index (χ0n) is 6.08. The average Bonchev–Trinajstić information content (AvgIpc) is 1.98. The molecule has 0 amide bonds. The lowest BCUT2D eigenvalue weighted by Gasteiger charge is -2.15. The van der Waals surface area contributed by atoms with Gasteiger partial charge in [0.05, 0.1) is 6.04 Å². The van der Waals surface area contributed by atoms with Crippen molar-refractivity contribution in [2.75, 3.05) is 7.11 Å². The van der Waals surface area contributed by atoms with Crippen LogP contribution in [0.5, 0.6) is 0 Å². The normalized spacial score (nSPS) is 15.8. The van der Waals surface area contributed by atoms with E-state index in [1.165, 1.54) is 7.11 Å². The molecule has 0 aromatic heterocycles. The van der Waals surface area contributed by atoms with Crippen LogP contribution in [0, 0.1) is 12.3 Å². The second-order valence-corrected chi connectivity index (χ2v) is 2.03. The smallest absolute Gasteiger partial charge is 0.169 e. The van der Waals surface area contributed by atoms with Crippen LogP contribution in [0.25, 0.3) is 0 Å². The van der Waals surface area contributed by atoms with Crippen molar-refractivity contribution in [2.24, 2.45) is 5.73 Å². The van der Waals surface area contributed by atoms with Gasteiger partial charge in [-0.2, -0.15) is 0 Å². The molecular formula is C7H13NO2. The maximum atomic E-state index is 8.94. The Bertz CT molecular complexity index is 119. The third kappa shape index (κ3) is 3.46. The third-order valence-electron chi connectivity index (χ3n) is 1.23. The standard InChI is InChI=1S/C7H13NO2/c1-3-4-5-6(8)7(9)10-2/h1,6-7,9H,4-5,8H2,2H3. The lowest BCUT2D eigenvalue weighted by atomic mass is 10.2. The summed E-state index contributed by atoms with van der Waals surface area (Å²) in [5.41, 5.74) is 5.44. The van der Waals surface area contributed by atoms with Gasteiger partial charge in [0, 0.05) is 13.5 Å². The van der Waals surface area contributed by atoms with Crippen molar-refractivity contribution >= 4 is 0 Å². The predicted molar refractivity (Wildman–Crippen MR) is 39.1 cm³/mol. The average molecular weight is 143 g/mol. The second kappa shape index (κ2) is 5.24. The first-order valence-corrected chi connectivity index (χ1v) is 3.12. The first-order valence-electron chi connectivity index (χ1n) is 3.12. The summed E-state index contributed by atoms with van der Waals surface area (Å²) in [6.45, 7) is 0. The highest BCUT2D eigenvalue weighted by Crippen LogP contribution is 1.98. The molecule has 0 aromatic carbocycles. The highest BCUT2D eigenvalue weighted by Gasteiger charge is 2.11. The summed E-state index contributed by atoms with van der Waals surface area (Å²) in [5.74, 6) is 2.43. The van der Waals surface area contributed by atoms with E-state index in [-0.39, 0.29) is 6.04 Å². The highest BCUT2D eigenvalue weighted by molar-refractivity contribution is 4.85. The number of ether oxygens (including phenoxy) is 1. The van der Waals surface area contributed by atoms with E-state index in [0.29, 0.717) is 12.8 Å². The Morgan fingerprint density at radius 3 is 2.80 bits per heavy atom. The number of aliphatic hydroxyl groups is 1. The Balaban J connectivity index is 3.43. The van der Waals surface area contributed by atoms with E-state index in [1.54, 1.807) is 0 Å². The van der Waals surface area contributed by atoms with Gasteiger partial charge in [-0.3, -0.25) is 0 Å². The molecule has 58 valence electrons. The van der Waals surface area contributed by atoms with Gasteiger partial charge in [-0.1, -0.05) is 0 Å². The quantitative estimate of drug-likeness (QED) is 0.419. The van der Waals surface area contributed by atoms with Crippen molar-refractivity contribution in [3.05, 3.63) is 0 Å². The van der Waals surface area contributed by atoms with E-state index in [1.807, 2.05) is 0 Å². The van der Waals surface area contributed by atoms with Gasteiger partial charge in [-0.05, 0) is 6.42 Å². The summed E-state index contributed by atoms with van der Waals surface area (Å²) >= 11 is 0. The molecule has 0 aliphatic rings. The molecule has 0 aliphatic heterocycles. The van der Waals surface area contributed by atoms with E-state index in [0.717, 1.165) is 0 Å². The molecule has 0 bridgehead atoms. The number of aliphatic hydroxyl groups excluding tert-OH is 1.